The molecule has 0 saturated heterocycles. The lowest BCUT2D eigenvalue weighted by Gasteiger charge is -2.17. The van der Waals surface area contributed by atoms with E-state index in [1.54, 1.807) is 0 Å². The summed E-state index contributed by atoms with van der Waals surface area (Å²) in [6.07, 6.45) is 4.46. The van der Waals surface area contributed by atoms with Gasteiger partial charge in [-0.3, -0.25) is 9.59 Å². The highest BCUT2D eigenvalue weighted by Gasteiger charge is 2.33. The van der Waals surface area contributed by atoms with Crippen LogP contribution in [-0.4, -0.2) is 23.0 Å². The van der Waals surface area contributed by atoms with E-state index < -0.39 is 11.9 Å². The quantitative estimate of drug-likeness (QED) is 0.837. The second-order valence-electron chi connectivity index (χ2n) is 5.39. The Morgan fingerprint density at radius 2 is 1.95 bits per heavy atom. The van der Waals surface area contributed by atoms with Crippen molar-refractivity contribution in [2.75, 3.05) is 0 Å². The van der Waals surface area contributed by atoms with Crippen LogP contribution in [-0.2, 0) is 16.0 Å². The number of rotatable bonds is 6. The molecule has 1 aromatic rings. The Morgan fingerprint density at radius 1 is 1.20 bits per heavy atom. The summed E-state index contributed by atoms with van der Waals surface area (Å²) in [4.78, 5) is 22.9. The zero-order valence-electron chi connectivity index (χ0n) is 11.5. The van der Waals surface area contributed by atoms with Crippen molar-refractivity contribution in [3.8, 4) is 0 Å². The number of carbonyl (C=O) groups is 2. The van der Waals surface area contributed by atoms with Gasteiger partial charge in [0.05, 0.1) is 5.92 Å². The van der Waals surface area contributed by atoms with Gasteiger partial charge in [0.2, 0.25) is 5.91 Å². The first-order chi connectivity index (χ1) is 9.66. The van der Waals surface area contributed by atoms with Crippen molar-refractivity contribution in [1.29, 1.82) is 0 Å². The lowest BCUT2D eigenvalue weighted by Crippen LogP contribution is -2.40. The summed E-state index contributed by atoms with van der Waals surface area (Å²) in [7, 11) is 0. The monoisotopic (exact) mass is 275 g/mol. The average Bonchev–Trinajstić information content (AvgIpc) is 2.88. The number of carbonyl (C=O) groups excluding carboxylic acids is 1. The summed E-state index contributed by atoms with van der Waals surface area (Å²) in [5, 5.41) is 11.9. The summed E-state index contributed by atoms with van der Waals surface area (Å²) in [6.45, 7) is 0. The number of hydrogen-bond acceptors (Lipinski definition) is 2. The molecular weight excluding hydrogens is 254 g/mol. The molecule has 2 atom stereocenters. The molecule has 1 aromatic carbocycles. The molecule has 0 heterocycles. The molecule has 0 unspecified atom stereocenters. The Morgan fingerprint density at radius 3 is 2.65 bits per heavy atom. The van der Waals surface area contributed by atoms with Crippen LogP contribution in [0, 0.1) is 5.92 Å². The van der Waals surface area contributed by atoms with E-state index in [-0.39, 0.29) is 11.9 Å². The van der Waals surface area contributed by atoms with Crippen LogP contribution in [0.3, 0.4) is 0 Å². The fraction of sp³-hybridized carbons (Fsp3) is 0.500. The molecule has 4 nitrogen and oxygen atoms in total. The minimum Gasteiger partial charge on any atom is -0.481 e. The normalized spacial score (nSPS) is 21.6. The molecule has 4 heteroatoms. The lowest BCUT2D eigenvalue weighted by molar-refractivity contribution is -0.142. The van der Waals surface area contributed by atoms with Crippen LogP contribution in [0.5, 0.6) is 0 Å². The van der Waals surface area contributed by atoms with Crippen molar-refractivity contribution in [3.05, 3.63) is 35.9 Å². The molecule has 0 aliphatic heterocycles. The zero-order chi connectivity index (χ0) is 14.4. The van der Waals surface area contributed by atoms with Gasteiger partial charge in [-0.15, -0.1) is 0 Å². The molecule has 0 spiro atoms. The third kappa shape index (κ3) is 4.08. The van der Waals surface area contributed by atoms with Crippen LogP contribution in [0.1, 0.15) is 37.7 Å². The SMILES string of the molecule is O=C(CCCc1ccccc1)N[C@H]1CCC[C@H]1C(=O)O. The van der Waals surface area contributed by atoms with Gasteiger partial charge in [-0.2, -0.15) is 0 Å². The van der Waals surface area contributed by atoms with Gasteiger partial charge in [0, 0.05) is 12.5 Å². The number of hydrogen-bond donors (Lipinski definition) is 2. The van der Waals surface area contributed by atoms with Gasteiger partial charge in [0.15, 0.2) is 0 Å². The van der Waals surface area contributed by atoms with Crippen LogP contribution in [0.15, 0.2) is 30.3 Å². The van der Waals surface area contributed by atoms with Crippen LogP contribution in [0.2, 0.25) is 0 Å². The molecule has 1 amide bonds. The number of aryl methyl sites for hydroxylation is 1. The number of carboxylic acid groups (broad SMARTS) is 1. The largest absolute Gasteiger partial charge is 0.481 e. The maximum atomic E-state index is 11.9. The Kier molecular flexibility index (Phi) is 5.16. The minimum absolute atomic E-state index is 0.0286. The summed E-state index contributed by atoms with van der Waals surface area (Å²) in [6, 6.07) is 9.88. The summed E-state index contributed by atoms with van der Waals surface area (Å²) >= 11 is 0. The highest BCUT2D eigenvalue weighted by atomic mass is 16.4. The number of amides is 1. The molecule has 1 aliphatic rings. The molecule has 1 aliphatic carbocycles. The Balaban J connectivity index is 1.71. The van der Waals surface area contributed by atoms with E-state index in [9.17, 15) is 9.59 Å². The number of carboxylic acids is 1. The van der Waals surface area contributed by atoms with Gasteiger partial charge < -0.3 is 10.4 Å². The standard InChI is InChI=1S/C16H21NO3/c18-15(11-4-8-12-6-2-1-3-7-12)17-14-10-5-9-13(14)16(19)20/h1-3,6-7,13-14H,4-5,8-11H2,(H,17,18)(H,19,20)/t13-,14+/m1/s1. The first-order valence-corrected chi connectivity index (χ1v) is 7.23. The molecule has 20 heavy (non-hydrogen) atoms. The van der Waals surface area contributed by atoms with E-state index in [0.717, 1.165) is 25.7 Å². The average molecular weight is 275 g/mol. The molecule has 0 bridgehead atoms. The van der Waals surface area contributed by atoms with Gasteiger partial charge in [-0.05, 0) is 31.2 Å². The Hall–Kier alpha value is -1.84. The molecule has 2 N–H and O–H groups in total. The number of aliphatic carboxylic acids is 1. The molecule has 2 rings (SSSR count). The fourth-order valence-corrected chi connectivity index (χ4v) is 2.81. The number of nitrogens with one attached hydrogen (secondary N) is 1. The van der Waals surface area contributed by atoms with Crippen LogP contribution < -0.4 is 5.32 Å². The summed E-state index contributed by atoms with van der Waals surface area (Å²) < 4.78 is 0. The molecule has 1 fully saturated rings. The molecular formula is C16H21NO3. The lowest BCUT2D eigenvalue weighted by atomic mass is 10.0. The van der Waals surface area contributed by atoms with Crippen molar-refractivity contribution in [2.24, 2.45) is 5.92 Å². The first kappa shape index (κ1) is 14.6. The van der Waals surface area contributed by atoms with Gasteiger partial charge in [0.25, 0.3) is 0 Å². The smallest absolute Gasteiger partial charge is 0.308 e. The third-order valence-electron chi connectivity index (χ3n) is 3.89. The highest BCUT2D eigenvalue weighted by molar-refractivity contribution is 5.78. The van der Waals surface area contributed by atoms with Gasteiger partial charge in [0.1, 0.15) is 0 Å². The van der Waals surface area contributed by atoms with E-state index >= 15 is 0 Å². The maximum absolute atomic E-state index is 11.9. The minimum atomic E-state index is -0.794. The van der Waals surface area contributed by atoms with Crippen molar-refractivity contribution in [1.82, 2.24) is 5.32 Å². The molecule has 108 valence electrons. The zero-order valence-corrected chi connectivity index (χ0v) is 11.5. The van der Waals surface area contributed by atoms with Gasteiger partial charge >= 0.3 is 5.97 Å². The second kappa shape index (κ2) is 7.08. The van der Waals surface area contributed by atoms with Crippen LogP contribution in [0.4, 0.5) is 0 Å². The van der Waals surface area contributed by atoms with E-state index in [1.165, 1.54) is 5.56 Å². The number of benzene rings is 1. The van der Waals surface area contributed by atoms with Crippen LogP contribution >= 0.6 is 0 Å². The topological polar surface area (TPSA) is 66.4 Å². The second-order valence-corrected chi connectivity index (χ2v) is 5.39. The van der Waals surface area contributed by atoms with Gasteiger partial charge in [-0.25, -0.2) is 0 Å². The van der Waals surface area contributed by atoms with Crippen molar-refractivity contribution >= 4 is 11.9 Å². The summed E-state index contributed by atoms with van der Waals surface area (Å²) in [5.74, 6) is -1.23. The predicted molar refractivity (Wildman–Crippen MR) is 76.3 cm³/mol. The van der Waals surface area contributed by atoms with E-state index in [0.29, 0.717) is 12.8 Å². The van der Waals surface area contributed by atoms with Crippen LogP contribution in [0.25, 0.3) is 0 Å². The van der Waals surface area contributed by atoms with Crippen molar-refractivity contribution in [3.63, 3.8) is 0 Å². The fourth-order valence-electron chi connectivity index (χ4n) is 2.81. The van der Waals surface area contributed by atoms with E-state index in [4.69, 9.17) is 5.11 Å². The molecule has 0 aromatic heterocycles. The van der Waals surface area contributed by atoms with E-state index in [2.05, 4.69) is 17.4 Å². The molecule has 0 radical (unpaired) electrons. The first-order valence-electron chi connectivity index (χ1n) is 7.23. The Labute approximate surface area is 119 Å². The Bertz CT molecular complexity index is 458. The van der Waals surface area contributed by atoms with Crippen molar-refractivity contribution < 1.29 is 14.7 Å². The highest BCUT2D eigenvalue weighted by Crippen LogP contribution is 2.25. The van der Waals surface area contributed by atoms with Gasteiger partial charge in [-0.1, -0.05) is 36.8 Å². The maximum Gasteiger partial charge on any atom is 0.308 e. The van der Waals surface area contributed by atoms with Crippen molar-refractivity contribution in [2.45, 2.75) is 44.6 Å². The molecule has 1 saturated carbocycles. The third-order valence-corrected chi connectivity index (χ3v) is 3.89. The predicted octanol–water partition coefficient (Wildman–Crippen LogP) is 2.38. The van der Waals surface area contributed by atoms with E-state index in [1.807, 2.05) is 18.2 Å². The summed E-state index contributed by atoms with van der Waals surface area (Å²) in [5.41, 5.74) is 1.23.